The van der Waals surface area contributed by atoms with Crippen molar-refractivity contribution in [2.24, 2.45) is 0 Å². The summed E-state index contributed by atoms with van der Waals surface area (Å²) < 4.78 is 6.89. The molecule has 122 valence electrons. The van der Waals surface area contributed by atoms with E-state index in [1.54, 1.807) is 11.3 Å². The molecule has 0 bridgehead atoms. The van der Waals surface area contributed by atoms with E-state index in [0.717, 1.165) is 33.1 Å². The lowest BCUT2D eigenvalue weighted by Crippen LogP contribution is -2.37. The van der Waals surface area contributed by atoms with Crippen LogP contribution < -0.4 is 15.4 Å². The molecule has 0 saturated heterocycles. The first-order valence-corrected chi connectivity index (χ1v) is 8.65. The molecule has 6 heteroatoms. The molecule has 0 fully saturated rings. The van der Waals surface area contributed by atoms with Crippen molar-refractivity contribution in [1.29, 1.82) is 0 Å². The maximum absolute atomic E-state index is 12.1. The Kier molecular flexibility index (Phi) is 3.82. The van der Waals surface area contributed by atoms with Crippen molar-refractivity contribution in [2.45, 2.75) is 19.4 Å². The molecule has 1 aromatic heterocycles. The summed E-state index contributed by atoms with van der Waals surface area (Å²) in [6.45, 7) is 2.45. The van der Waals surface area contributed by atoms with E-state index in [1.807, 2.05) is 43.3 Å². The minimum absolute atomic E-state index is 0.0141. The number of carbonyl (C=O) groups is 1. The second kappa shape index (κ2) is 6.13. The minimum Gasteiger partial charge on any atom is -0.488 e. The Balaban J connectivity index is 1.33. The number of benzene rings is 2. The summed E-state index contributed by atoms with van der Waals surface area (Å²) in [5, 5.41) is 6.75. The minimum atomic E-state index is -0.227. The van der Waals surface area contributed by atoms with E-state index in [0.29, 0.717) is 6.54 Å². The Morgan fingerprint density at radius 2 is 2.21 bits per heavy atom. The van der Waals surface area contributed by atoms with Gasteiger partial charge in [-0.05, 0) is 36.8 Å². The van der Waals surface area contributed by atoms with Crippen LogP contribution in [0.4, 0.5) is 10.5 Å². The molecule has 24 heavy (non-hydrogen) atoms. The number of carbonyl (C=O) groups excluding carboxylic acids is 1. The fraction of sp³-hybridized carbons (Fsp3) is 0.222. The predicted octanol–water partition coefficient (Wildman–Crippen LogP) is 3.73. The van der Waals surface area contributed by atoms with E-state index in [-0.39, 0.29) is 12.1 Å². The van der Waals surface area contributed by atoms with Gasteiger partial charge in [-0.25, -0.2) is 9.78 Å². The van der Waals surface area contributed by atoms with Crippen LogP contribution in [0.3, 0.4) is 0 Å². The number of aromatic nitrogens is 1. The number of hydrogen-bond donors (Lipinski definition) is 2. The first-order valence-electron chi connectivity index (χ1n) is 7.84. The van der Waals surface area contributed by atoms with Crippen LogP contribution in [-0.4, -0.2) is 23.7 Å². The zero-order chi connectivity index (χ0) is 16.5. The molecular weight excluding hydrogens is 322 g/mol. The van der Waals surface area contributed by atoms with Gasteiger partial charge < -0.3 is 15.4 Å². The lowest BCUT2D eigenvalue weighted by Gasteiger charge is -2.12. The molecular formula is C18H17N3O2S. The first kappa shape index (κ1) is 15.0. The molecule has 3 aromatic rings. The Bertz CT molecular complexity index is 881. The molecule has 5 nitrogen and oxygen atoms in total. The number of ether oxygens (including phenoxy) is 1. The number of aryl methyl sites for hydroxylation is 1. The van der Waals surface area contributed by atoms with Gasteiger partial charge in [-0.3, -0.25) is 0 Å². The third-order valence-electron chi connectivity index (χ3n) is 3.96. The Morgan fingerprint density at radius 3 is 3.08 bits per heavy atom. The third-order valence-corrected chi connectivity index (χ3v) is 4.89. The first-order chi connectivity index (χ1) is 11.7. The van der Waals surface area contributed by atoms with Crippen LogP contribution in [0.1, 0.15) is 10.6 Å². The van der Waals surface area contributed by atoms with Crippen molar-refractivity contribution in [1.82, 2.24) is 10.3 Å². The van der Waals surface area contributed by atoms with Gasteiger partial charge in [0.05, 0.1) is 21.8 Å². The normalized spacial score (nSPS) is 15.8. The molecule has 4 rings (SSSR count). The zero-order valence-electron chi connectivity index (χ0n) is 13.2. The SMILES string of the molecule is Cc1nc2ccc(NC(=O)NCC3Cc4ccccc4O3)cc2s1. The van der Waals surface area contributed by atoms with Gasteiger partial charge in [0.1, 0.15) is 11.9 Å². The number of hydrogen-bond acceptors (Lipinski definition) is 4. The predicted molar refractivity (Wildman–Crippen MR) is 95.9 cm³/mol. The van der Waals surface area contributed by atoms with Crippen LogP contribution in [0.15, 0.2) is 42.5 Å². The zero-order valence-corrected chi connectivity index (χ0v) is 14.0. The number of urea groups is 1. The smallest absolute Gasteiger partial charge is 0.319 e. The van der Waals surface area contributed by atoms with Gasteiger partial charge in [0.15, 0.2) is 0 Å². The van der Waals surface area contributed by atoms with E-state index in [1.165, 1.54) is 5.56 Å². The summed E-state index contributed by atoms with van der Waals surface area (Å²) in [6, 6.07) is 13.5. The quantitative estimate of drug-likeness (QED) is 0.764. The van der Waals surface area contributed by atoms with Crippen LogP contribution in [0.25, 0.3) is 10.2 Å². The van der Waals surface area contributed by atoms with Crippen molar-refractivity contribution >= 4 is 33.3 Å². The van der Waals surface area contributed by atoms with E-state index in [4.69, 9.17) is 4.74 Å². The number of fused-ring (bicyclic) bond motifs is 2. The van der Waals surface area contributed by atoms with Crippen molar-refractivity contribution < 1.29 is 9.53 Å². The summed E-state index contributed by atoms with van der Waals surface area (Å²) in [5.41, 5.74) is 2.91. The molecule has 0 radical (unpaired) electrons. The summed E-state index contributed by atoms with van der Waals surface area (Å²) >= 11 is 1.62. The number of rotatable bonds is 3. The Hall–Kier alpha value is -2.60. The number of nitrogens with zero attached hydrogens (tertiary/aromatic N) is 1. The monoisotopic (exact) mass is 339 g/mol. The highest BCUT2D eigenvalue weighted by atomic mass is 32.1. The van der Waals surface area contributed by atoms with Crippen molar-refractivity contribution in [3.05, 3.63) is 53.0 Å². The molecule has 2 aromatic carbocycles. The molecule has 1 aliphatic rings. The van der Waals surface area contributed by atoms with Gasteiger partial charge >= 0.3 is 6.03 Å². The Morgan fingerprint density at radius 1 is 1.33 bits per heavy atom. The molecule has 0 spiro atoms. The van der Waals surface area contributed by atoms with Gasteiger partial charge in [-0.15, -0.1) is 11.3 Å². The average molecular weight is 339 g/mol. The van der Waals surface area contributed by atoms with Crippen molar-refractivity contribution in [2.75, 3.05) is 11.9 Å². The fourth-order valence-electron chi connectivity index (χ4n) is 2.87. The molecule has 2 heterocycles. The second-order valence-corrected chi connectivity index (χ2v) is 7.04. The van der Waals surface area contributed by atoms with Gasteiger partial charge in [-0.1, -0.05) is 18.2 Å². The van der Waals surface area contributed by atoms with Crippen LogP contribution >= 0.6 is 11.3 Å². The van der Waals surface area contributed by atoms with Crippen LogP contribution in [0.2, 0.25) is 0 Å². The highest BCUT2D eigenvalue weighted by Crippen LogP contribution is 2.28. The second-order valence-electron chi connectivity index (χ2n) is 5.80. The standard InChI is InChI=1S/C18H17N3O2S/c1-11-20-15-7-6-13(9-17(15)24-11)21-18(22)19-10-14-8-12-4-2-3-5-16(12)23-14/h2-7,9,14H,8,10H2,1H3,(H2,19,21,22). The number of nitrogens with one attached hydrogen (secondary N) is 2. The molecule has 0 aliphatic carbocycles. The van der Waals surface area contributed by atoms with Gasteiger partial charge in [0.25, 0.3) is 0 Å². The summed E-state index contributed by atoms with van der Waals surface area (Å²) in [5.74, 6) is 0.913. The fourth-order valence-corrected chi connectivity index (χ4v) is 3.73. The number of thiazole rings is 1. The largest absolute Gasteiger partial charge is 0.488 e. The molecule has 1 unspecified atom stereocenters. The number of anilines is 1. The van der Waals surface area contributed by atoms with Gasteiger partial charge in [-0.2, -0.15) is 0 Å². The van der Waals surface area contributed by atoms with E-state index < -0.39 is 0 Å². The summed E-state index contributed by atoms with van der Waals surface area (Å²) in [4.78, 5) is 16.5. The molecule has 0 saturated carbocycles. The van der Waals surface area contributed by atoms with Crippen LogP contribution in [0, 0.1) is 6.92 Å². The molecule has 1 aliphatic heterocycles. The number of amides is 2. The van der Waals surface area contributed by atoms with E-state index >= 15 is 0 Å². The maximum Gasteiger partial charge on any atom is 0.319 e. The highest BCUT2D eigenvalue weighted by molar-refractivity contribution is 7.18. The molecule has 2 amide bonds. The lowest BCUT2D eigenvalue weighted by molar-refractivity contribution is 0.219. The van der Waals surface area contributed by atoms with Crippen LogP contribution in [-0.2, 0) is 6.42 Å². The average Bonchev–Trinajstić information content (AvgIpc) is 3.14. The topological polar surface area (TPSA) is 63.2 Å². The molecule has 2 N–H and O–H groups in total. The van der Waals surface area contributed by atoms with Gasteiger partial charge in [0.2, 0.25) is 0 Å². The number of para-hydroxylation sites is 1. The van der Waals surface area contributed by atoms with Crippen LogP contribution in [0.5, 0.6) is 5.75 Å². The maximum atomic E-state index is 12.1. The van der Waals surface area contributed by atoms with Gasteiger partial charge in [0, 0.05) is 12.1 Å². The highest BCUT2D eigenvalue weighted by Gasteiger charge is 2.22. The Labute approximate surface area is 143 Å². The third kappa shape index (κ3) is 3.05. The van der Waals surface area contributed by atoms with Crippen molar-refractivity contribution in [3.8, 4) is 5.75 Å². The van der Waals surface area contributed by atoms with E-state index in [2.05, 4.69) is 21.7 Å². The molecule has 1 atom stereocenters. The van der Waals surface area contributed by atoms with Crippen molar-refractivity contribution in [3.63, 3.8) is 0 Å². The summed E-state index contributed by atoms with van der Waals surface area (Å²) in [6.07, 6.45) is 0.808. The van der Waals surface area contributed by atoms with E-state index in [9.17, 15) is 4.79 Å². The summed E-state index contributed by atoms with van der Waals surface area (Å²) in [7, 11) is 0. The lowest BCUT2D eigenvalue weighted by atomic mass is 10.1.